The lowest BCUT2D eigenvalue weighted by Gasteiger charge is -2.16. The number of halogens is 1. The van der Waals surface area contributed by atoms with Crippen LogP contribution in [0.1, 0.15) is 18.1 Å². The lowest BCUT2D eigenvalue weighted by atomic mass is 10.1. The third-order valence-electron chi connectivity index (χ3n) is 5.02. The van der Waals surface area contributed by atoms with Crippen molar-refractivity contribution >= 4 is 23.2 Å². The van der Waals surface area contributed by atoms with E-state index in [2.05, 4.69) is 20.6 Å². The van der Waals surface area contributed by atoms with Crippen molar-refractivity contribution in [1.82, 2.24) is 25.1 Å². The van der Waals surface area contributed by atoms with Crippen molar-refractivity contribution in [3.05, 3.63) is 70.7 Å². The summed E-state index contributed by atoms with van der Waals surface area (Å²) in [4.78, 5) is 12.4. The average molecular weight is 466 g/mol. The van der Waals surface area contributed by atoms with Crippen molar-refractivity contribution in [3.63, 3.8) is 0 Å². The van der Waals surface area contributed by atoms with Crippen molar-refractivity contribution in [2.75, 3.05) is 13.2 Å². The molecule has 0 aliphatic heterocycles. The monoisotopic (exact) mass is 465 g/mol. The molecule has 0 aliphatic rings. The van der Waals surface area contributed by atoms with E-state index >= 15 is 0 Å². The zero-order valence-corrected chi connectivity index (χ0v) is 19.3. The summed E-state index contributed by atoms with van der Waals surface area (Å²) in [5, 5.41) is 16.1. The summed E-state index contributed by atoms with van der Waals surface area (Å²) in [5.41, 5.74) is 3.35. The molecule has 0 saturated carbocycles. The van der Waals surface area contributed by atoms with Crippen LogP contribution in [0.5, 0.6) is 11.6 Å². The van der Waals surface area contributed by atoms with Crippen LogP contribution in [0.3, 0.4) is 0 Å². The van der Waals surface area contributed by atoms with E-state index in [1.54, 1.807) is 29.6 Å². The lowest BCUT2D eigenvalue weighted by molar-refractivity contribution is -0.127. The van der Waals surface area contributed by atoms with Crippen LogP contribution >= 0.6 is 11.6 Å². The standard InChI is InChI=1S/C24H24ClN5O3/c1-15-8-9-16(2)20(14-15)33-17(3)24(31)26-12-13-32-22-11-10-21-27-28-23(30(21)29-22)18-6-4-5-7-19(18)25/h4-11,14,17H,12-13H2,1-3H3,(H,26,31). The highest BCUT2D eigenvalue weighted by Gasteiger charge is 2.16. The van der Waals surface area contributed by atoms with Crippen LogP contribution in [0.15, 0.2) is 54.6 Å². The summed E-state index contributed by atoms with van der Waals surface area (Å²) in [6.07, 6.45) is -0.629. The van der Waals surface area contributed by atoms with Crippen molar-refractivity contribution in [2.24, 2.45) is 0 Å². The summed E-state index contributed by atoms with van der Waals surface area (Å²) in [6.45, 7) is 6.19. The van der Waals surface area contributed by atoms with Gasteiger partial charge in [0.2, 0.25) is 5.88 Å². The van der Waals surface area contributed by atoms with E-state index in [4.69, 9.17) is 21.1 Å². The highest BCUT2D eigenvalue weighted by molar-refractivity contribution is 6.33. The minimum absolute atomic E-state index is 0.220. The first-order valence-corrected chi connectivity index (χ1v) is 10.9. The molecule has 0 radical (unpaired) electrons. The summed E-state index contributed by atoms with van der Waals surface area (Å²) in [5.74, 6) is 1.38. The fraction of sp³-hybridized carbons (Fsp3) is 0.250. The summed E-state index contributed by atoms with van der Waals surface area (Å²) >= 11 is 6.29. The van der Waals surface area contributed by atoms with Crippen LogP contribution in [0.25, 0.3) is 17.0 Å². The second kappa shape index (κ2) is 9.87. The molecule has 0 bridgehead atoms. The molecule has 0 fully saturated rings. The predicted molar refractivity (Wildman–Crippen MR) is 126 cm³/mol. The van der Waals surface area contributed by atoms with E-state index in [1.807, 2.05) is 50.2 Å². The summed E-state index contributed by atoms with van der Waals surface area (Å²) in [7, 11) is 0. The molecule has 4 aromatic rings. The molecule has 4 rings (SSSR count). The molecule has 8 nitrogen and oxygen atoms in total. The number of hydrogen-bond acceptors (Lipinski definition) is 6. The number of nitrogens with zero attached hydrogens (tertiary/aromatic N) is 4. The fourth-order valence-electron chi connectivity index (χ4n) is 3.21. The highest BCUT2D eigenvalue weighted by Crippen LogP contribution is 2.26. The van der Waals surface area contributed by atoms with Gasteiger partial charge in [-0.15, -0.1) is 15.3 Å². The van der Waals surface area contributed by atoms with Gasteiger partial charge >= 0.3 is 0 Å². The van der Waals surface area contributed by atoms with E-state index in [9.17, 15) is 4.79 Å². The molecular formula is C24H24ClN5O3. The molecule has 1 unspecified atom stereocenters. The van der Waals surface area contributed by atoms with Crippen LogP contribution in [0.2, 0.25) is 5.02 Å². The number of carbonyl (C=O) groups excluding carboxylic acids is 1. The number of amides is 1. The van der Waals surface area contributed by atoms with E-state index in [1.165, 1.54) is 0 Å². The second-order valence-electron chi connectivity index (χ2n) is 7.61. The van der Waals surface area contributed by atoms with E-state index in [0.717, 1.165) is 16.7 Å². The van der Waals surface area contributed by atoms with Gasteiger partial charge in [0.1, 0.15) is 12.4 Å². The molecule has 33 heavy (non-hydrogen) atoms. The fourth-order valence-corrected chi connectivity index (χ4v) is 3.43. The number of rotatable bonds is 8. The number of fused-ring (bicyclic) bond motifs is 1. The number of nitrogens with one attached hydrogen (secondary N) is 1. The Kier molecular flexibility index (Phi) is 6.74. The molecule has 0 saturated heterocycles. The van der Waals surface area contributed by atoms with Gasteiger partial charge in [0.25, 0.3) is 5.91 Å². The van der Waals surface area contributed by atoms with Gasteiger partial charge in [0.05, 0.1) is 11.6 Å². The zero-order chi connectivity index (χ0) is 23.4. The third kappa shape index (κ3) is 5.23. The van der Waals surface area contributed by atoms with Gasteiger partial charge in [-0.05, 0) is 56.2 Å². The molecule has 0 aliphatic carbocycles. The smallest absolute Gasteiger partial charge is 0.260 e. The topological polar surface area (TPSA) is 90.6 Å². The second-order valence-corrected chi connectivity index (χ2v) is 8.02. The average Bonchev–Trinajstić information content (AvgIpc) is 3.22. The van der Waals surface area contributed by atoms with E-state index < -0.39 is 6.10 Å². The molecule has 2 heterocycles. The number of aromatic nitrogens is 4. The Balaban J connectivity index is 1.33. The van der Waals surface area contributed by atoms with Gasteiger partial charge < -0.3 is 14.8 Å². The maximum atomic E-state index is 12.4. The molecule has 170 valence electrons. The minimum atomic E-state index is -0.629. The van der Waals surface area contributed by atoms with Crippen molar-refractivity contribution in [1.29, 1.82) is 0 Å². The normalized spacial score (nSPS) is 11.9. The Morgan fingerprint density at radius 1 is 1.12 bits per heavy atom. The number of aryl methyl sites for hydroxylation is 2. The molecule has 1 N–H and O–H groups in total. The summed E-state index contributed by atoms with van der Waals surface area (Å²) < 4.78 is 13.1. The van der Waals surface area contributed by atoms with Crippen molar-refractivity contribution in [2.45, 2.75) is 26.9 Å². The van der Waals surface area contributed by atoms with Gasteiger partial charge in [-0.25, -0.2) is 0 Å². The largest absolute Gasteiger partial charge is 0.481 e. The van der Waals surface area contributed by atoms with Gasteiger partial charge in [-0.3, -0.25) is 4.79 Å². The molecule has 2 aromatic carbocycles. The number of benzene rings is 2. The Morgan fingerprint density at radius 3 is 2.76 bits per heavy atom. The van der Waals surface area contributed by atoms with Crippen LogP contribution in [0.4, 0.5) is 0 Å². The first kappa shape index (κ1) is 22.5. The molecule has 9 heteroatoms. The van der Waals surface area contributed by atoms with Crippen LogP contribution in [0, 0.1) is 13.8 Å². The van der Waals surface area contributed by atoms with Crippen molar-refractivity contribution < 1.29 is 14.3 Å². The predicted octanol–water partition coefficient (Wildman–Crippen LogP) is 4.02. The van der Waals surface area contributed by atoms with Crippen LogP contribution in [-0.4, -0.2) is 45.0 Å². The quantitative estimate of drug-likeness (QED) is 0.395. The van der Waals surface area contributed by atoms with Crippen molar-refractivity contribution in [3.8, 4) is 23.0 Å². The zero-order valence-electron chi connectivity index (χ0n) is 18.6. The number of carbonyl (C=O) groups is 1. The van der Waals surface area contributed by atoms with Gasteiger partial charge in [0, 0.05) is 11.6 Å². The Morgan fingerprint density at radius 2 is 1.94 bits per heavy atom. The van der Waals surface area contributed by atoms with Gasteiger partial charge in [0.15, 0.2) is 17.6 Å². The first-order valence-electron chi connectivity index (χ1n) is 10.5. The molecular weight excluding hydrogens is 442 g/mol. The Labute approximate surface area is 196 Å². The van der Waals surface area contributed by atoms with Gasteiger partial charge in [-0.2, -0.15) is 4.52 Å². The molecule has 0 spiro atoms. The minimum Gasteiger partial charge on any atom is -0.481 e. The Hall–Kier alpha value is -3.65. The Bertz CT molecular complexity index is 1290. The summed E-state index contributed by atoms with van der Waals surface area (Å²) in [6, 6.07) is 16.7. The number of ether oxygens (including phenoxy) is 2. The number of hydrogen-bond donors (Lipinski definition) is 1. The van der Waals surface area contributed by atoms with E-state index in [-0.39, 0.29) is 12.5 Å². The van der Waals surface area contributed by atoms with Crippen LogP contribution < -0.4 is 14.8 Å². The van der Waals surface area contributed by atoms with Crippen LogP contribution in [-0.2, 0) is 4.79 Å². The maximum absolute atomic E-state index is 12.4. The third-order valence-corrected chi connectivity index (χ3v) is 5.35. The maximum Gasteiger partial charge on any atom is 0.260 e. The van der Waals surface area contributed by atoms with E-state index in [0.29, 0.717) is 34.7 Å². The SMILES string of the molecule is Cc1ccc(C)c(OC(C)C(=O)NCCOc2ccc3nnc(-c4ccccc4Cl)n3n2)c1. The highest BCUT2D eigenvalue weighted by atomic mass is 35.5. The molecule has 2 aromatic heterocycles. The first-order chi connectivity index (χ1) is 15.9. The lowest BCUT2D eigenvalue weighted by Crippen LogP contribution is -2.38. The molecule has 1 amide bonds. The van der Waals surface area contributed by atoms with Gasteiger partial charge in [-0.1, -0.05) is 35.9 Å². The molecule has 1 atom stereocenters.